The molecule has 4 rings (SSSR count). The summed E-state index contributed by atoms with van der Waals surface area (Å²) in [6.45, 7) is 6.23. The van der Waals surface area contributed by atoms with Gasteiger partial charge in [-0.15, -0.1) is 0 Å². The molecule has 2 aromatic carbocycles. The number of aromatic nitrogens is 5. The van der Waals surface area contributed by atoms with Crippen molar-refractivity contribution >= 4 is 11.6 Å². The van der Waals surface area contributed by atoms with Crippen molar-refractivity contribution in [2.45, 2.75) is 40.2 Å². The molecule has 0 atom stereocenters. The van der Waals surface area contributed by atoms with Gasteiger partial charge in [0.1, 0.15) is 5.75 Å². The van der Waals surface area contributed by atoms with E-state index in [9.17, 15) is 14.4 Å². The summed E-state index contributed by atoms with van der Waals surface area (Å²) in [4.78, 5) is 42.3. The highest BCUT2D eigenvalue weighted by molar-refractivity contribution is 5.90. The van der Waals surface area contributed by atoms with E-state index >= 15 is 0 Å². The number of carbonyl (C=O) groups excluding carboxylic acids is 1. The Morgan fingerprint density at radius 2 is 1.78 bits per heavy atom. The van der Waals surface area contributed by atoms with Crippen LogP contribution < -0.4 is 21.3 Å². The molecule has 11 nitrogen and oxygen atoms in total. The van der Waals surface area contributed by atoms with E-state index in [1.807, 2.05) is 26.0 Å². The maximum absolute atomic E-state index is 12.9. The molecule has 0 saturated heterocycles. The van der Waals surface area contributed by atoms with Crippen molar-refractivity contribution in [2.24, 2.45) is 0 Å². The molecule has 4 aromatic rings. The fourth-order valence-electron chi connectivity index (χ4n) is 3.49. The van der Waals surface area contributed by atoms with Crippen LogP contribution in [-0.2, 0) is 17.8 Å². The van der Waals surface area contributed by atoms with E-state index in [4.69, 9.17) is 9.26 Å². The second kappa shape index (κ2) is 10.8. The lowest BCUT2D eigenvalue weighted by atomic mass is 10.2. The van der Waals surface area contributed by atoms with Gasteiger partial charge in [-0.05, 0) is 57.2 Å². The molecular formula is C25H26N6O5. The van der Waals surface area contributed by atoms with Crippen LogP contribution in [0.25, 0.3) is 17.2 Å². The van der Waals surface area contributed by atoms with E-state index in [0.717, 1.165) is 20.6 Å². The van der Waals surface area contributed by atoms with Gasteiger partial charge in [0.25, 0.3) is 5.56 Å². The molecule has 0 radical (unpaired) electrons. The fraction of sp³-hybridized carbons (Fsp3) is 0.280. The van der Waals surface area contributed by atoms with E-state index in [1.54, 1.807) is 43.3 Å². The van der Waals surface area contributed by atoms with Crippen molar-refractivity contribution in [3.8, 4) is 23.0 Å². The summed E-state index contributed by atoms with van der Waals surface area (Å²) < 4.78 is 12.8. The number of ether oxygens (including phenoxy) is 1. The summed E-state index contributed by atoms with van der Waals surface area (Å²) >= 11 is 0. The average molecular weight is 491 g/mol. The Morgan fingerprint density at radius 3 is 2.44 bits per heavy atom. The lowest BCUT2D eigenvalue weighted by Gasteiger charge is -2.09. The van der Waals surface area contributed by atoms with Crippen molar-refractivity contribution in [3.63, 3.8) is 0 Å². The summed E-state index contributed by atoms with van der Waals surface area (Å²) in [5.74, 6) is 0.603. The Hall–Kier alpha value is -4.54. The molecule has 0 aliphatic heterocycles. The molecule has 11 heteroatoms. The molecule has 36 heavy (non-hydrogen) atoms. The summed E-state index contributed by atoms with van der Waals surface area (Å²) in [6.07, 6.45) is 0.250. The van der Waals surface area contributed by atoms with E-state index in [0.29, 0.717) is 18.0 Å². The molecule has 0 spiro atoms. The molecule has 0 bridgehead atoms. The number of benzene rings is 2. The SMILES string of the molecule is CCOc1ccc(NC(=O)CCc2nc(-c3nn(-c4ccc(C)cc4)c(=O)n(CC)c3=O)no2)cc1. The third kappa shape index (κ3) is 5.40. The highest BCUT2D eigenvalue weighted by Crippen LogP contribution is 2.16. The molecule has 0 aliphatic rings. The summed E-state index contributed by atoms with van der Waals surface area (Å²) in [7, 11) is 0. The first-order valence-electron chi connectivity index (χ1n) is 11.6. The fourth-order valence-corrected chi connectivity index (χ4v) is 3.49. The first-order chi connectivity index (χ1) is 17.4. The van der Waals surface area contributed by atoms with Gasteiger partial charge < -0.3 is 14.6 Å². The summed E-state index contributed by atoms with van der Waals surface area (Å²) in [5.41, 5.74) is 0.855. The van der Waals surface area contributed by atoms with E-state index < -0.39 is 11.2 Å². The van der Waals surface area contributed by atoms with Crippen LogP contribution in [0.5, 0.6) is 5.75 Å². The van der Waals surface area contributed by atoms with Gasteiger partial charge in [-0.25, -0.2) is 4.79 Å². The zero-order valence-corrected chi connectivity index (χ0v) is 20.2. The Kier molecular flexibility index (Phi) is 7.38. The highest BCUT2D eigenvalue weighted by atomic mass is 16.5. The van der Waals surface area contributed by atoms with Crippen molar-refractivity contribution in [3.05, 3.63) is 80.8 Å². The zero-order valence-electron chi connectivity index (χ0n) is 20.2. The topological polar surface area (TPSA) is 134 Å². The highest BCUT2D eigenvalue weighted by Gasteiger charge is 2.20. The summed E-state index contributed by atoms with van der Waals surface area (Å²) in [5, 5.41) is 10.9. The van der Waals surface area contributed by atoms with Crippen LogP contribution in [0.3, 0.4) is 0 Å². The van der Waals surface area contributed by atoms with Crippen LogP contribution in [0, 0.1) is 6.92 Å². The average Bonchev–Trinajstić information content (AvgIpc) is 3.34. The third-order valence-electron chi connectivity index (χ3n) is 5.35. The monoisotopic (exact) mass is 490 g/mol. The molecule has 1 N–H and O–H groups in total. The Balaban J connectivity index is 1.51. The van der Waals surface area contributed by atoms with Gasteiger partial charge in [0.15, 0.2) is 5.69 Å². The number of nitrogens with zero attached hydrogens (tertiary/aromatic N) is 5. The van der Waals surface area contributed by atoms with Crippen LogP contribution in [0.1, 0.15) is 31.7 Å². The normalized spacial score (nSPS) is 10.9. The largest absolute Gasteiger partial charge is 0.494 e. The predicted molar refractivity (Wildman–Crippen MR) is 132 cm³/mol. The van der Waals surface area contributed by atoms with Gasteiger partial charge in [0.05, 0.1) is 12.3 Å². The smallest absolute Gasteiger partial charge is 0.352 e. The first-order valence-corrected chi connectivity index (χ1v) is 11.6. The van der Waals surface area contributed by atoms with Gasteiger partial charge in [-0.3, -0.25) is 14.2 Å². The van der Waals surface area contributed by atoms with Crippen LogP contribution in [0.4, 0.5) is 5.69 Å². The van der Waals surface area contributed by atoms with Crippen molar-refractivity contribution in [2.75, 3.05) is 11.9 Å². The third-order valence-corrected chi connectivity index (χ3v) is 5.35. The van der Waals surface area contributed by atoms with Crippen molar-refractivity contribution in [1.82, 2.24) is 24.5 Å². The minimum absolute atomic E-state index is 0.0509. The molecule has 0 unspecified atom stereocenters. The van der Waals surface area contributed by atoms with Gasteiger partial charge in [0.2, 0.25) is 17.6 Å². The second-order valence-corrected chi connectivity index (χ2v) is 7.95. The van der Waals surface area contributed by atoms with Crippen LogP contribution in [0.2, 0.25) is 0 Å². The number of anilines is 1. The second-order valence-electron chi connectivity index (χ2n) is 7.95. The first kappa shape index (κ1) is 24.6. The van der Waals surface area contributed by atoms with Crippen LogP contribution >= 0.6 is 0 Å². The molecule has 0 aliphatic carbocycles. The van der Waals surface area contributed by atoms with Crippen molar-refractivity contribution in [1.29, 1.82) is 0 Å². The number of hydrogen-bond donors (Lipinski definition) is 1. The quantitative estimate of drug-likeness (QED) is 0.379. The number of aryl methyl sites for hydroxylation is 2. The maximum Gasteiger partial charge on any atom is 0.352 e. The van der Waals surface area contributed by atoms with Gasteiger partial charge in [-0.2, -0.15) is 14.8 Å². The van der Waals surface area contributed by atoms with E-state index in [-0.39, 0.29) is 42.7 Å². The molecular weight excluding hydrogens is 464 g/mol. The molecule has 2 heterocycles. The van der Waals surface area contributed by atoms with Crippen LogP contribution in [-0.4, -0.2) is 37.0 Å². The van der Waals surface area contributed by atoms with Crippen molar-refractivity contribution < 1.29 is 14.1 Å². The van der Waals surface area contributed by atoms with Gasteiger partial charge in [0, 0.05) is 25.1 Å². The van der Waals surface area contributed by atoms with Crippen LogP contribution in [0.15, 0.2) is 62.6 Å². The lowest BCUT2D eigenvalue weighted by molar-refractivity contribution is -0.116. The van der Waals surface area contributed by atoms with E-state index in [2.05, 4.69) is 20.6 Å². The molecule has 186 valence electrons. The number of carbonyl (C=O) groups is 1. The number of amides is 1. The lowest BCUT2D eigenvalue weighted by Crippen LogP contribution is -2.41. The molecule has 1 amide bonds. The minimum Gasteiger partial charge on any atom is -0.494 e. The standard InChI is InChI=1S/C25H26N6O5/c1-4-30-24(33)22(28-31(25(30)34)18-10-6-16(3)7-11-18)23-27-21(36-29-23)15-14-20(32)26-17-8-12-19(13-9-17)35-5-2/h6-13H,4-5,14-15H2,1-3H3,(H,26,32). The zero-order chi connectivity index (χ0) is 25.7. The predicted octanol–water partition coefficient (Wildman–Crippen LogP) is 2.74. The Labute approximate surface area is 206 Å². The maximum atomic E-state index is 12.9. The van der Waals surface area contributed by atoms with Gasteiger partial charge in [-0.1, -0.05) is 22.9 Å². The summed E-state index contributed by atoms with van der Waals surface area (Å²) in [6, 6.07) is 14.2. The molecule has 0 saturated carbocycles. The van der Waals surface area contributed by atoms with Gasteiger partial charge >= 0.3 is 5.69 Å². The van der Waals surface area contributed by atoms with E-state index in [1.165, 1.54) is 0 Å². The molecule has 0 fully saturated rings. The molecule has 2 aromatic heterocycles. The number of nitrogens with one attached hydrogen (secondary N) is 1. The number of hydrogen-bond acceptors (Lipinski definition) is 8. The number of rotatable bonds is 9. The Morgan fingerprint density at radius 1 is 1.06 bits per heavy atom. The minimum atomic E-state index is -0.619. The Bertz CT molecular complexity index is 1470.